The second-order valence-corrected chi connectivity index (χ2v) is 6.59. The smallest absolute Gasteiger partial charge is 0.0815 e. The van der Waals surface area contributed by atoms with Crippen LogP contribution in [0.2, 0.25) is 0 Å². The first-order chi connectivity index (χ1) is 10.7. The number of hydrogen-bond donors (Lipinski definition) is 0. The average Bonchev–Trinajstić information content (AvgIpc) is 2.58. The van der Waals surface area contributed by atoms with Gasteiger partial charge in [0.2, 0.25) is 0 Å². The summed E-state index contributed by atoms with van der Waals surface area (Å²) in [4.78, 5) is 2.56. The number of piperidine rings is 1. The zero-order chi connectivity index (χ0) is 15.4. The molecule has 1 saturated heterocycles. The minimum absolute atomic E-state index is 0.176. The molecule has 1 fully saturated rings. The van der Waals surface area contributed by atoms with Crippen LogP contribution in [-0.2, 0) is 11.7 Å². The Morgan fingerprint density at radius 3 is 2.32 bits per heavy atom. The van der Waals surface area contributed by atoms with E-state index in [1.165, 1.54) is 11.1 Å². The molecule has 0 amide bonds. The molecule has 2 aromatic carbocycles. The predicted molar refractivity (Wildman–Crippen MR) is 94.2 cm³/mol. The summed E-state index contributed by atoms with van der Waals surface area (Å²) in [6.45, 7) is 5.59. The van der Waals surface area contributed by atoms with E-state index in [1.807, 2.05) is 0 Å². The second kappa shape index (κ2) is 6.70. The van der Waals surface area contributed by atoms with Gasteiger partial charge in [-0.15, -0.1) is 0 Å². The van der Waals surface area contributed by atoms with E-state index in [2.05, 4.69) is 72.5 Å². The van der Waals surface area contributed by atoms with Crippen LogP contribution in [0, 0.1) is 5.92 Å². The lowest BCUT2D eigenvalue weighted by atomic mass is 9.54. The second-order valence-electron chi connectivity index (χ2n) is 6.59. The molecule has 1 aliphatic rings. The minimum atomic E-state index is -0.176. The number of hydrogen-bond acceptors (Lipinski definition) is 1. The summed E-state index contributed by atoms with van der Waals surface area (Å²) < 4.78 is 0. The fourth-order valence-corrected chi connectivity index (χ4v) is 3.54. The number of rotatable bonds is 4. The fourth-order valence-electron chi connectivity index (χ4n) is 3.54. The van der Waals surface area contributed by atoms with Crippen molar-refractivity contribution in [2.24, 2.45) is 5.92 Å². The van der Waals surface area contributed by atoms with Gasteiger partial charge in [-0.2, -0.15) is 0 Å². The summed E-state index contributed by atoms with van der Waals surface area (Å²) in [6, 6.07) is 21.4. The lowest BCUT2D eigenvalue weighted by Crippen LogP contribution is -2.49. The monoisotopic (exact) mass is 289 g/mol. The summed E-state index contributed by atoms with van der Waals surface area (Å²) >= 11 is 0. The van der Waals surface area contributed by atoms with E-state index in [4.69, 9.17) is 7.85 Å². The third kappa shape index (κ3) is 3.28. The summed E-state index contributed by atoms with van der Waals surface area (Å²) in [7, 11) is 6.77. The van der Waals surface area contributed by atoms with Crippen molar-refractivity contribution in [2.75, 3.05) is 19.6 Å². The molecule has 2 aromatic rings. The third-order valence-corrected chi connectivity index (χ3v) is 5.12. The van der Waals surface area contributed by atoms with Gasteiger partial charge in [0, 0.05) is 13.1 Å². The average molecular weight is 289 g/mol. The molecule has 0 aromatic heterocycles. The van der Waals surface area contributed by atoms with Gasteiger partial charge in [-0.3, -0.25) is 0 Å². The first-order valence-electron chi connectivity index (χ1n) is 8.29. The molecule has 1 aliphatic heterocycles. The largest absolute Gasteiger partial charge is 0.303 e. The van der Waals surface area contributed by atoms with Gasteiger partial charge in [-0.25, -0.2) is 0 Å². The summed E-state index contributed by atoms with van der Waals surface area (Å²) in [5, 5.41) is -0.176. The van der Waals surface area contributed by atoms with Crippen LogP contribution in [0.4, 0.5) is 0 Å². The highest BCUT2D eigenvalue weighted by atomic mass is 15.1. The van der Waals surface area contributed by atoms with E-state index >= 15 is 0 Å². The Kier molecular flexibility index (Phi) is 4.68. The summed E-state index contributed by atoms with van der Waals surface area (Å²) in [6.07, 6.45) is 2.16. The number of likely N-dealkylation sites (tertiary alicyclic amines) is 1. The van der Waals surface area contributed by atoms with Crippen LogP contribution in [0.25, 0.3) is 0 Å². The van der Waals surface area contributed by atoms with Crippen LogP contribution in [0.1, 0.15) is 24.5 Å². The molecule has 1 heterocycles. The van der Waals surface area contributed by atoms with Crippen molar-refractivity contribution < 1.29 is 0 Å². The minimum Gasteiger partial charge on any atom is -0.303 e. The molecule has 0 aliphatic carbocycles. The molecule has 2 unspecified atom stereocenters. The lowest BCUT2D eigenvalue weighted by Gasteiger charge is -2.45. The van der Waals surface area contributed by atoms with E-state index in [9.17, 15) is 0 Å². The van der Waals surface area contributed by atoms with E-state index < -0.39 is 0 Å². The van der Waals surface area contributed by atoms with Crippen molar-refractivity contribution in [3.63, 3.8) is 0 Å². The molecule has 2 heteroatoms. The molecule has 2 radical (unpaired) electrons. The van der Waals surface area contributed by atoms with E-state index in [0.717, 1.165) is 32.5 Å². The molecule has 22 heavy (non-hydrogen) atoms. The zero-order valence-corrected chi connectivity index (χ0v) is 13.4. The Balaban J connectivity index is 1.60. The normalized spacial score (nSPS) is 26.0. The predicted octanol–water partition coefficient (Wildman–Crippen LogP) is 3.63. The van der Waals surface area contributed by atoms with Crippen LogP contribution < -0.4 is 0 Å². The highest BCUT2D eigenvalue weighted by molar-refractivity contribution is 6.16. The Bertz CT molecular complexity index is 583. The van der Waals surface area contributed by atoms with Crippen LogP contribution in [0.3, 0.4) is 0 Å². The van der Waals surface area contributed by atoms with Gasteiger partial charge in [0.25, 0.3) is 0 Å². The van der Waals surface area contributed by atoms with E-state index in [-0.39, 0.29) is 5.31 Å². The van der Waals surface area contributed by atoms with Gasteiger partial charge in [-0.1, -0.05) is 73.2 Å². The molecule has 2 atom stereocenters. The van der Waals surface area contributed by atoms with Gasteiger partial charge in [0.15, 0.2) is 0 Å². The molecule has 0 N–H and O–H groups in total. The summed E-state index contributed by atoms with van der Waals surface area (Å²) in [5.41, 5.74) is 2.70. The highest BCUT2D eigenvalue weighted by Gasteiger charge is 2.36. The van der Waals surface area contributed by atoms with Gasteiger partial charge in [0.05, 0.1) is 7.85 Å². The maximum absolute atomic E-state index is 6.77. The lowest BCUT2D eigenvalue weighted by molar-refractivity contribution is 0.145. The van der Waals surface area contributed by atoms with Crippen LogP contribution in [0.5, 0.6) is 0 Å². The molecular weight excluding hydrogens is 265 g/mol. The van der Waals surface area contributed by atoms with Gasteiger partial charge < -0.3 is 4.90 Å². The number of benzene rings is 2. The Morgan fingerprint density at radius 1 is 1.05 bits per heavy atom. The van der Waals surface area contributed by atoms with E-state index in [1.54, 1.807) is 0 Å². The van der Waals surface area contributed by atoms with Crippen molar-refractivity contribution in [3.05, 3.63) is 71.8 Å². The standard InChI is InChI=1S/C20H24BN/c1-17-16-22(14-12-18-8-4-2-5-9-18)15-13-20(17,21)19-10-6-3-7-11-19/h2-11,17H,12-16H2,1H3. The Labute approximate surface area is 135 Å². The quantitative estimate of drug-likeness (QED) is 0.777. The fraction of sp³-hybridized carbons (Fsp3) is 0.400. The van der Waals surface area contributed by atoms with Gasteiger partial charge in [0.1, 0.15) is 0 Å². The van der Waals surface area contributed by atoms with E-state index in [0.29, 0.717) is 5.92 Å². The molecule has 112 valence electrons. The first kappa shape index (κ1) is 15.4. The zero-order valence-electron chi connectivity index (χ0n) is 13.4. The maximum Gasteiger partial charge on any atom is 0.0815 e. The third-order valence-electron chi connectivity index (χ3n) is 5.12. The van der Waals surface area contributed by atoms with Gasteiger partial charge in [-0.05, 0) is 36.2 Å². The molecule has 3 rings (SSSR count). The number of nitrogens with zero attached hydrogens (tertiary/aromatic N) is 1. The van der Waals surface area contributed by atoms with Crippen molar-refractivity contribution in [1.82, 2.24) is 4.90 Å². The van der Waals surface area contributed by atoms with Crippen molar-refractivity contribution in [1.29, 1.82) is 0 Å². The Morgan fingerprint density at radius 2 is 1.68 bits per heavy atom. The first-order valence-corrected chi connectivity index (χ1v) is 8.29. The van der Waals surface area contributed by atoms with Crippen molar-refractivity contribution in [3.8, 4) is 0 Å². The molecule has 0 saturated carbocycles. The summed E-state index contributed by atoms with van der Waals surface area (Å²) in [5.74, 6) is 0.472. The Hall–Kier alpha value is -1.54. The van der Waals surface area contributed by atoms with Gasteiger partial charge >= 0.3 is 0 Å². The molecule has 0 bridgehead atoms. The highest BCUT2D eigenvalue weighted by Crippen LogP contribution is 2.36. The maximum atomic E-state index is 6.77. The van der Waals surface area contributed by atoms with Crippen LogP contribution in [0.15, 0.2) is 60.7 Å². The van der Waals surface area contributed by atoms with Crippen LogP contribution >= 0.6 is 0 Å². The SMILES string of the molecule is [B]C1(c2ccccc2)CCN(CCc2ccccc2)CC1C. The topological polar surface area (TPSA) is 3.24 Å². The van der Waals surface area contributed by atoms with Crippen molar-refractivity contribution in [2.45, 2.75) is 25.1 Å². The molecular formula is C20H24BN. The van der Waals surface area contributed by atoms with Crippen molar-refractivity contribution >= 4 is 7.85 Å². The molecule has 1 nitrogen and oxygen atoms in total. The molecule has 0 spiro atoms. The van der Waals surface area contributed by atoms with Crippen LogP contribution in [-0.4, -0.2) is 32.4 Å².